The van der Waals surface area contributed by atoms with Gasteiger partial charge in [-0.2, -0.15) is 13.2 Å². The van der Waals surface area contributed by atoms with Gasteiger partial charge in [0.25, 0.3) is 5.91 Å². The Morgan fingerprint density at radius 3 is 2.20 bits per heavy atom. The zero-order chi connectivity index (χ0) is 18.7. The summed E-state index contributed by atoms with van der Waals surface area (Å²) in [4.78, 5) is 15.9. The Hall–Kier alpha value is -2.37. The number of nitrogens with one attached hydrogen (secondary N) is 1. The molecule has 3 nitrogen and oxygen atoms in total. The zero-order valence-corrected chi connectivity index (χ0v) is 14.4. The van der Waals surface area contributed by atoms with Crippen LogP contribution in [-0.4, -0.2) is 10.9 Å². The molecule has 0 bridgehead atoms. The van der Waals surface area contributed by atoms with E-state index < -0.39 is 17.9 Å². The Balaban J connectivity index is 2.25. The summed E-state index contributed by atoms with van der Waals surface area (Å²) < 4.78 is 38.1. The first-order valence-electron chi connectivity index (χ1n) is 7.95. The summed E-state index contributed by atoms with van der Waals surface area (Å²) in [5.74, 6) is -0.269. The normalized spacial score (nSPS) is 13.4. The predicted octanol–water partition coefficient (Wildman–Crippen LogP) is 5.01. The fourth-order valence-corrected chi connectivity index (χ4v) is 2.47. The van der Waals surface area contributed by atoms with Crippen molar-refractivity contribution >= 4 is 5.91 Å². The molecule has 1 atom stereocenters. The molecule has 2 rings (SSSR count). The van der Waals surface area contributed by atoms with Crippen LogP contribution in [-0.2, 0) is 6.18 Å². The van der Waals surface area contributed by atoms with Crippen LogP contribution in [0.2, 0.25) is 0 Å². The molecule has 0 aliphatic carbocycles. The molecule has 6 heteroatoms. The summed E-state index contributed by atoms with van der Waals surface area (Å²) in [5.41, 5.74) is -0.0224. The number of alkyl halides is 3. The number of aromatic nitrogens is 1. The second-order valence-electron chi connectivity index (χ2n) is 7.13. The minimum absolute atomic E-state index is 0.128. The van der Waals surface area contributed by atoms with Crippen LogP contribution in [0.3, 0.4) is 0 Å². The molecule has 25 heavy (non-hydrogen) atoms. The standard InChI is InChI=1S/C19H21F3N2O/c1-18(2,3)11-15(24-17(25)13-7-5-4-6-8-13)14-9-10-16(23-12-14)19(20,21)22/h4-10,12,15H,11H2,1-3H3,(H,24,25)/t15-/m1/s1. The number of amides is 1. The van der Waals surface area contributed by atoms with E-state index in [2.05, 4.69) is 10.3 Å². The third-order valence-electron chi connectivity index (χ3n) is 3.64. The number of halogens is 3. The Morgan fingerprint density at radius 2 is 1.72 bits per heavy atom. The fourth-order valence-electron chi connectivity index (χ4n) is 2.47. The molecule has 0 spiro atoms. The van der Waals surface area contributed by atoms with E-state index in [1.54, 1.807) is 24.3 Å². The maximum Gasteiger partial charge on any atom is 0.433 e. The number of hydrogen-bond donors (Lipinski definition) is 1. The van der Waals surface area contributed by atoms with Crippen molar-refractivity contribution in [1.29, 1.82) is 0 Å². The second-order valence-corrected chi connectivity index (χ2v) is 7.13. The van der Waals surface area contributed by atoms with Gasteiger partial charge in [0.1, 0.15) is 5.69 Å². The van der Waals surface area contributed by atoms with Crippen molar-refractivity contribution in [3.05, 3.63) is 65.5 Å². The number of benzene rings is 1. The monoisotopic (exact) mass is 350 g/mol. The number of nitrogens with zero attached hydrogens (tertiary/aromatic N) is 1. The van der Waals surface area contributed by atoms with E-state index >= 15 is 0 Å². The number of pyridine rings is 1. The SMILES string of the molecule is CC(C)(C)C[C@@H](NC(=O)c1ccccc1)c1ccc(C(F)(F)F)nc1. The van der Waals surface area contributed by atoms with Crippen molar-refractivity contribution in [3.8, 4) is 0 Å². The topological polar surface area (TPSA) is 42.0 Å². The smallest absolute Gasteiger partial charge is 0.345 e. The van der Waals surface area contributed by atoms with Gasteiger partial charge < -0.3 is 5.32 Å². The minimum atomic E-state index is -4.48. The molecule has 134 valence electrons. The third-order valence-corrected chi connectivity index (χ3v) is 3.64. The Morgan fingerprint density at radius 1 is 1.08 bits per heavy atom. The Kier molecular flexibility index (Phi) is 5.50. The van der Waals surface area contributed by atoms with Gasteiger partial charge in [-0.05, 0) is 35.6 Å². The first-order valence-corrected chi connectivity index (χ1v) is 7.95. The van der Waals surface area contributed by atoms with Crippen LogP contribution < -0.4 is 5.32 Å². The summed E-state index contributed by atoms with van der Waals surface area (Å²) in [5, 5.41) is 2.90. The van der Waals surface area contributed by atoms with Crippen molar-refractivity contribution in [2.45, 2.75) is 39.4 Å². The third kappa shape index (κ3) is 5.59. The highest BCUT2D eigenvalue weighted by Gasteiger charge is 2.32. The number of carbonyl (C=O) groups excluding carboxylic acids is 1. The van der Waals surface area contributed by atoms with Gasteiger partial charge in [0, 0.05) is 11.8 Å². The fraction of sp³-hybridized carbons (Fsp3) is 0.368. The highest BCUT2D eigenvalue weighted by atomic mass is 19.4. The Labute approximate surface area is 145 Å². The minimum Gasteiger partial charge on any atom is -0.345 e. The van der Waals surface area contributed by atoms with Gasteiger partial charge in [-0.3, -0.25) is 9.78 Å². The molecular formula is C19H21F3N2O. The second kappa shape index (κ2) is 7.25. The van der Waals surface area contributed by atoms with Crippen LogP contribution in [0.1, 0.15) is 54.8 Å². The maximum atomic E-state index is 12.7. The van der Waals surface area contributed by atoms with Crippen LogP contribution >= 0.6 is 0 Å². The molecule has 2 aromatic rings. The van der Waals surface area contributed by atoms with Crippen LogP contribution in [0.25, 0.3) is 0 Å². The Bertz CT molecular complexity index is 704. The predicted molar refractivity (Wildman–Crippen MR) is 90.0 cm³/mol. The van der Waals surface area contributed by atoms with E-state index in [9.17, 15) is 18.0 Å². The number of hydrogen-bond acceptors (Lipinski definition) is 2. The number of carbonyl (C=O) groups is 1. The molecule has 0 saturated carbocycles. The zero-order valence-electron chi connectivity index (χ0n) is 14.4. The highest BCUT2D eigenvalue weighted by Crippen LogP contribution is 2.32. The lowest BCUT2D eigenvalue weighted by atomic mass is 9.85. The molecule has 1 amide bonds. The highest BCUT2D eigenvalue weighted by molar-refractivity contribution is 5.94. The molecule has 1 heterocycles. The van der Waals surface area contributed by atoms with Gasteiger partial charge in [-0.15, -0.1) is 0 Å². The molecule has 1 aromatic heterocycles. The molecular weight excluding hydrogens is 329 g/mol. The molecule has 1 aromatic carbocycles. The van der Waals surface area contributed by atoms with E-state index in [0.717, 1.165) is 6.07 Å². The van der Waals surface area contributed by atoms with Crippen molar-refractivity contribution in [2.75, 3.05) is 0 Å². The average Bonchev–Trinajstić information content (AvgIpc) is 2.53. The average molecular weight is 350 g/mol. The van der Waals surface area contributed by atoms with Crippen LogP contribution in [0.4, 0.5) is 13.2 Å². The molecule has 0 aliphatic heterocycles. The van der Waals surface area contributed by atoms with E-state index in [1.807, 2.05) is 26.8 Å². The summed E-state index contributed by atoms with van der Waals surface area (Å²) in [7, 11) is 0. The lowest BCUT2D eigenvalue weighted by Crippen LogP contribution is -2.31. The van der Waals surface area contributed by atoms with Crippen LogP contribution in [0.15, 0.2) is 48.7 Å². The van der Waals surface area contributed by atoms with Gasteiger partial charge in [0.05, 0.1) is 6.04 Å². The van der Waals surface area contributed by atoms with E-state index in [0.29, 0.717) is 17.5 Å². The van der Waals surface area contributed by atoms with Gasteiger partial charge in [0.2, 0.25) is 0 Å². The van der Waals surface area contributed by atoms with E-state index in [4.69, 9.17) is 0 Å². The van der Waals surface area contributed by atoms with Crippen molar-refractivity contribution < 1.29 is 18.0 Å². The molecule has 0 fully saturated rings. The van der Waals surface area contributed by atoms with Crippen molar-refractivity contribution in [1.82, 2.24) is 10.3 Å². The summed E-state index contributed by atoms with van der Waals surface area (Å²) in [6.07, 6.45) is -2.73. The summed E-state index contributed by atoms with van der Waals surface area (Å²) >= 11 is 0. The van der Waals surface area contributed by atoms with Gasteiger partial charge in [0.15, 0.2) is 0 Å². The molecule has 0 saturated heterocycles. The van der Waals surface area contributed by atoms with Crippen LogP contribution in [0, 0.1) is 5.41 Å². The largest absolute Gasteiger partial charge is 0.433 e. The lowest BCUT2D eigenvalue weighted by molar-refractivity contribution is -0.141. The first-order chi connectivity index (χ1) is 11.6. The number of rotatable bonds is 4. The molecule has 0 radical (unpaired) electrons. The summed E-state index contributed by atoms with van der Waals surface area (Å²) in [6.45, 7) is 6.02. The van der Waals surface area contributed by atoms with E-state index in [-0.39, 0.29) is 11.3 Å². The van der Waals surface area contributed by atoms with Crippen LogP contribution in [0.5, 0.6) is 0 Å². The summed E-state index contributed by atoms with van der Waals surface area (Å²) in [6, 6.07) is 10.6. The lowest BCUT2D eigenvalue weighted by Gasteiger charge is -2.27. The van der Waals surface area contributed by atoms with Gasteiger partial charge in [-0.1, -0.05) is 45.0 Å². The van der Waals surface area contributed by atoms with Crippen molar-refractivity contribution in [3.63, 3.8) is 0 Å². The van der Waals surface area contributed by atoms with E-state index in [1.165, 1.54) is 12.3 Å². The molecule has 1 N–H and O–H groups in total. The van der Waals surface area contributed by atoms with Gasteiger partial charge in [-0.25, -0.2) is 0 Å². The first kappa shape index (κ1) is 19.0. The quantitative estimate of drug-likeness (QED) is 0.842. The molecule has 0 unspecified atom stereocenters. The maximum absolute atomic E-state index is 12.7. The van der Waals surface area contributed by atoms with Crippen molar-refractivity contribution in [2.24, 2.45) is 5.41 Å². The van der Waals surface area contributed by atoms with Gasteiger partial charge >= 0.3 is 6.18 Å². The molecule has 0 aliphatic rings.